The first-order chi connectivity index (χ1) is 11.6. The lowest BCUT2D eigenvalue weighted by Gasteiger charge is -2.18. The summed E-state index contributed by atoms with van der Waals surface area (Å²) in [4.78, 5) is 0. The lowest BCUT2D eigenvalue weighted by atomic mass is 10.1. The molecule has 0 bridgehead atoms. The van der Waals surface area contributed by atoms with E-state index < -0.39 is 0 Å². The predicted octanol–water partition coefficient (Wildman–Crippen LogP) is 4.59. The van der Waals surface area contributed by atoms with Crippen molar-refractivity contribution >= 4 is 21.6 Å². The van der Waals surface area contributed by atoms with Crippen molar-refractivity contribution in [2.45, 2.75) is 26.5 Å². The number of ether oxygens (including phenoxy) is 4. The Morgan fingerprint density at radius 2 is 1.96 bits per heavy atom. The number of rotatable bonds is 6. The van der Waals surface area contributed by atoms with E-state index in [9.17, 15) is 0 Å². The zero-order valence-electron chi connectivity index (χ0n) is 13.9. The molecule has 0 aromatic heterocycles. The maximum Gasteiger partial charge on any atom is 0.231 e. The van der Waals surface area contributed by atoms with E-state index in [0.29, 0.717) is 12.3 Å². The van der Waals surface area contributed by atoms with Crippen LogP contribution >= 0.6 is 15.9 Å². The fraction of sp³-hybridized carbons (Fsp3) is 0.333. The van der Waals surface area contributed by atoms with Crippen LogP contribution in [0.2, 0.25) is 0 Å². The average Bonchev–Trinajstić information content (AvgIpc) is 3.01. The standard InChI is InChI=1S/C18H20BrNO4/c1-11(2)24-18-12(6-13(19)7-17(18)21-3)9-20-14-4-5-15-16(8-14)23-10-22-15/h4-8,11,20H,9-10H2,1-3H3. The normalized spacial score (nSPS) is 12.4. The number of fused-ring (bicyclic) bond motifs is 1. The summed E-state index contributed by atoms with van der Waals surface area (Å²) in [5.41, 5.74) is 1.96. The number of methoxy groups -OCH3 is 1. The van der Waals surface area contributed by atoms with Crippen molar-refractivity contribution in [1.29, 1.82) is 0 Å². The van der Waals surface area contributed by atoms with Gasteiger partial charge in [0.05, 0.1) is 13.2 Å². The van der Waals surface area contributed by atoms with Gasteiger partial charge in [-0.1, -0.05) is 15.9 Å². The first-order valence-corrected chi connectivity index (χ1v) is 8.52. The Labute approximate surface area is 150 Å². The van der Waals surface area contributed by atoms with E-state index in [2.05, 4.69) is 21.2 Å². The smallest absolute Gasteiger partial charge is 0.231 e. The fourth-order valence-electron chi connectivity index (χ4n) is 2.48. The molecular weight excluding hydrogens is 374 g/mol. The summed E-state index contributed by atoms with van der Waals surface area (Å²) < 4.78 is 23.1. The molecule has 1 heterocycles. The van der Waals surface area contributed by atoms with Gasteiger partial charge >= 0.3 is 0 Å². The van der Waals surface area contributed by atoms with Gasteiger partial charge in [-0.25, -0.2) is 0 Å². The molecule has 6 heteroatoms. The molecular formula is C18H20BrNO4. The molecule has 24 heavy (non-hydrogen) atoms. The molecule has 0 amide bonds. The number of halogens is 1. The number of hydrogen-bond donors (Lipinski definition) is 1. The molecule has 3 rings (SSSR count). The van der Waals surface area contributed by atoms with Gasteiger partial charge < -0.3 is 24.3 Å². The van der Waals surface area contributed by atoms with Crippen LogP contribution in [0.15, 0.2) is 34.8 Å². The van der Waals surface area contributed by atoms with Crippen LogP contribution in [0.3, 0.4) is 0 Å². The van der Waals surface area contributed by atoms with E-state index in [4.69, 9.17) is 18.9 Å². The van der Waals surface area contributed by atoms with E-state index in [0.717, 1.165) is 33.0 Å². The Hall–Kier alpha value is -2.08. The summed E-state index contributed by atoms with van der Waals surface area (Å²) >= 11 is 3.52. The molecule has 0 spiro atoms. The minimum Gasteiger partial charge on any atom is -0.493 e. The third-order valence-electron chi connectivity index (χ3n) is 3.53. The van der Waals surface area contributed by atoms with Crippen molar-refractivity contribution in [3.63, 3.8) is 0 Å². The molecule has 0 unspecified atom stereocenters. The van der Waals surface area contributed by atoms with Gasteiger partial charge in [0.15, 0.2) is 23.0 Å². The second-order valence-electron chi connectivity index (χ2n) is 5.68. The van der Waals surface area contributed by atoms with Crippen molar-refractivity contribution in [2.24, 2.45) is 0 Å². The van der Waals surface area contributed by atoms with Gasteiger partial charge in [-0.15, -0.1) is 0 Å². The minimum atomic E-state index is 0.0596. The molecule has 1 aliphatic rings. The highest BCUT2D eigenvalue weighted by Gasteiger charge is 2.16. The maximum atomic E-state index is 5.95. The molecule has 128 valence electrons. The Morgan fingerprint density at radius 1 is 1.17 bits per heavy atom. The maximum absolute atomic E-state index is 5.95. The number of hydrogen-bond acceptors (Lipinski definition) is 5. The zero-order chi connectivity index (χ0) is 17.1. The van der Waals surface area contributed by atoms with E-state index in [-0.39, 0.29) is 12.9 Å². The summed E-state index contributed by atoms with van der Waals surface area (Å²) in [5.74, 6) is 2.99. The molecule has 0 fully saturated rings. The van der Waals surface area contributed by atoms with Gasteiger partial charge in [0.25, 0.3) is 0 Å². The number of nitrogens with one attached hydrogen (secondary N) is 1. The predicted molar refractivity (Wildman–Crippen MR) is 96.3 cm³/mol. The molecule has 0 radical (unpaired) electrons. The Kier molecular flexibility index (Phi) is 5.04. The Balaban J connectivity index is 1.82. The lowest BCUT2D eigenvalue weighted by molar-refractivity contribution is 0.174. The van der Waals surface area contributed by atoms with Crippen LogP contribution in [0.5, 0.6) is 23.0 Å². The molecule has 0 saturated carbocycles. The number of benzene rings is 2. The summed E-state index contributed by atoms with van der Waals surface area (Å²) in [6, 6.07) is 9.73. The van der Waals surface area contributed by atoms with E-state index >= 15 is 0 Å². The molecule has 5 nitrogen and oxygen atoms in total. The molecule has 2 aromatic rings. The van der Waals surface area contributed by atoms with Gasteiger partial charge in [0.1, 0.15) is 0 Å². The van der Waals surface area contributed by atoms with E-state index in [1.165, 1.54) is 0 Å². The summed E-state index contributed by atoms with van der Waals surface area (Å²) in [7, 11) is 1.64. The second-order valence-corrected chi connectivity index (χ2v) is 6.60. The topological polar surface area (TPSA) is 49.0 Å². The fourth-order valence-corrected chi connectivity index (χ4v) is 2.96. The summed E-state index contributed by atoms with van der Waals surface area (Å²) in [6.45, 7) is 4.86. The Morgan fingerprint density at radius 3 is 2.71 bits per heavy atom. The van der Waals surface area contributed by atoms with Crippen LogP contribution in [-0.4, -0.2) is 20.0 Å². The average molecular weight is 394 g/mol. The van der Waals surface area contributed by atoms with E-state index in [1.807, 2.05) is 44.2 Å². The SMILES string of the molecule is COc1cc(Br)cc(CNc2ccc3c(c2)OCO3)c1OC(C)C. The molecule has 0 aliphatic carbocycles. The van der Waals surface area contributed by atoms with Crippen LogP contribution in [0.4, 0.5) is 5.69 Å². The lowest BCUT2D eigenvalue weighted by Crippen LogP contribution is -2.10. The van der Waals surface area contributed by atoms with Crippen LogP contribution < -0.4 is 24.3 Å². The summed E-state index contributed by atoms with van der Waals surface area (Å²) in [5, 5.41) is 3.39. The van der Waals surface area contributed by atoms with Crippen molar-refractivity contribution in [3.8, 4) is 23.0 Å². The largest absolute Gasteiger partial charge is 0.493 e. The zero-order valence-corrected chi connectivity index (χ0v) is 15.5. The number of anilines is 1. The van der Waals surface area contributed by atoms with Crippen molar-refractivity contribution in [2.75, 3.05) is 19.2 Å². The third-order valence-corrected chi connectivity index (χ3v) is 3.98. The molecule has 1 aliphatic heterocycles. The first-order valence-electron chi connectivity index (χ1n) is 7.73. The molecule has 0 saturated heterocycles. The van der Waals surface area contributed by atoms with Gasteiger partial charge in [0.2, 0.25) is 6.79 Å². The quantitative estimate of drug-likeness (QED) is 0.777. The van der Waals surface area contributed by atoms with Crippen LogP contribution in [-0.2, 0) is 6.54 Å². The van der Waals surface area contributed by atoms with Crippen molar-refractivity contribution in [3.05, 3.63) is 40.4 Å². The van der Waals surface area contributed by atoms with Gasteiger partial charge in [-0.05, 0) is 38.1 Å². The Bertz CT molecular complexity index is 733. The highest BCUT2D eigenvalue weighted by Crippen LogP contribution is 2.37. The highest BCUT2D eigenvalue weighted by atomic mass is 79.9. The molecule has 1 N–H and O–H groups in total. The van der Waals surface area contributed by atoms with Crippen LogP contribution in [0, 0.1) is 0 Å². The minimum absolute atomic E-state index is 0.0596. The van der Waals surface area contributed by atoms with Crippen molar-refractivity contribution < 1.29 is 18.9 Å². The molecule has 0 atom stereocenters. The monoisotopic (exact) mass is 393 g/mol. The first kappa shape index (κ1) is 16.8. The second kappa shape index (κ2) is 7.21. The van der Waals surface area contributed by atoms with Gasteiger partial charge in [-0.2, -0.15) is 0 Å². The van der Waals surface area contributed by atoms with Gasteiger partial charge in [-0.3, -0.25) is 0 Å². The van der Waals surface area contributed by atoms with Crippen LogP contribution in [0.1, 0.15) is 19.4 Å². The van der Waals surface area contributed by atoms with Crippen molar-refractivity contribution in [1.82, 2.24) is 0 Å². The summed E-state index contributed by atoms with van der Waals surface area (Å²) in [6.07, 6.45) is 0.0596. The van der Waals surface area contributed by atoms with Gasteiger partial charge in [0, 0.05) is 28.3 Å². The van der Waals surface area contributed by atoms with Crippen LogP contribution in [0.25, 0.3) is 0 Å². The van der Waals surface area contributed by atoms with E-state index in [1.54, 1.807) is 7.11 Å². The third kappa shape index (κ3) is 3.70. The highest BCUT2D eigenvalue weighted by molar-refractivity contribution is 9.10. The molecule has 2 aromatic carbocycles.